The molecule has 0 unspecified atom stereocenters. The highest BCUT2D eigenvalue weighted by Crippen LogP contribution is 2.09. The van der Waals surface area contributed by atoms with Gasteiger partial charge >= 0.3 is 0 Å². The van der Waals surface area contributed by atoms with Gasteiger partial charge in [-0.05, 0) is 12.1 Å². The molecule has 0 aliphatic rings. The summed E-state index contributed by atoms with van der Waals surface area (Å²) in [5.74, 6) is 0. The maximum atomic E-state index is 11.9. The van der Waals surface area contributed by atoms with Crippen molar-refractivity contribution in [2.75, 3.05) is 7.05 Å². The highest BCUT2D eigenvalue weighted by atomic mass is 32.2. The number of hydrogen-bond acceptors (Lipinski definition) is 4. The molecule has 0 amide bonds. The number of aliphatic imine (C=N–C) groups is 2. The van der Waals surface area contributed by atoms with E-state index in [2.05, 4.69) is 21.5 Å². The Kier molecular flexibility index (Phi) is 4.07. The summed E-state index contributed by atoms with van der Waals surface area (Å²) < 4.78 is 23.9. The number of nitrogens with zero attached hydrogens (tertiary/aromatic N) is 3. The van der Waals surface area contributed by atoms with Gasteiger partial charge in [0.2, 0.25) is 5.17 Å². The summed E-state index contributed by atoms with van der Waals surface area (Å²) in [5, 5.41) is -0.358. The van der Waals surface area contributed by atoms with Crippen molar-refractivity contribution in [3.05, 3.63) is 37.1 Å². The summed E-state index contributed by atoms with van der Waals surface area (Å²) in [6.07, 6.45) is 4.04. The van der Waals surface area contributed by atoms with Gasteiger partial charge in [0, 0.05) is 19.5 Å². The number of rotatable bonds is 2. The minimum absolute atomic E-state index is 0.0724. The number of allylic oxidation sites excluding steroid dienone is 1. The Morgan fingerprint density at radius 3 is 2.75 bits per heavy atom. The van der Waals surface area contributed by atoms with Gasteiger partial charge in [0.1, 0.15) is 0 Å². The van der Waals surface area contributed by atoms with Crippen LogP contribution < -0.4 is 0 Å². The molecule has 1 aromatic heterocycles. The van der Waals surface area contributed by atoms with E-state index in [9.17, 15) is 8.42 Å². The van der Waals surface area contributed by atoms with Crippen LogP contribution in [0, 0.1) is 0 Å². The van der Waals surface area contributed by atoms with Gasteiger partial charge in [0.05, 0.1) is 0 Å². The van der Waals surface area contributed by atoms with Crippen molar-refractivity contribution < 1.29 is 8.42 Å². The van der Waals surface area contributed by atoms with Gasteiger partial charge in [-0.1, -0.05) is 18.7 Å². The second-order valence-corrected chi connectivity index (χ2v) is 4.48. The average molecular weight is 237 g/mol. The topological polar surface area (TPSA) is 71.8 Å². The molecular weight excluding hydrogens is 226 g/mol. The first-order valence-corrected chi connectivity index (χ1v) is 5.89. The smallest absolute Gasteiger partial charge is 0.258 e. The summed E-state index contributed by atoms with van der Waals surface area (Å²) in [7, 11) is -2.37. The van der Waals surface area contributed by atoms with E-state index in [4.69, 9.17) is 0 Å². The Labute approximate surface area is 94.2 Å². The lowest BCUT2D eigenvalue weighted by Crippen LogP contribution is -2.14. The largest absolute Gasteiger partial charge is 0.260 e. The van der Waals surface area contributed by atoms with Crippen molar-refractivity contribution in [2.45, 2.75) is 5.03 Å². The van der Waals surface area contributed by atoms with Crippen LogP contribution >= 0.6 is 0 Å². The monoisotopic (exact) mass is 237 g/mol. The summed E-state index contributed by atoms with van der Waals surface area (Å²) in [4.78, 5) is 11.1. The van der Waals surface area contributed by atoms with Crippen molar-refractivity contribution in [1.29, 1.82) is 0 Å². The fourth-order valence-electron chi connectivity index (χ4n) is 0.963. The minimum atomic E-state index is -3.73. The Balaban J connectivity index is 3.21. The molecule has 0 saturated carbocycles. The summed E-state index contributed by atoms with van der Waals surface area (Å²) in [6, 6.07) is 4.61. The van der Waals surface area contributed by atoms with Crippen LogP contribution in [0.5, 0.6) is 0 Å². The minimum Gasteiger partial charge on any atom is -0.260 e. The van der Waals surface area contributed by atoms with Gasteiger partial charge < -0.3 is 0 Å². The van der Waals surface area contributed by atoms with Crippen LogP contribution in [0.15, 0.2) is 52.1 Å². The number of aromatic nitrogens is 1. The number of sulfone groups is 1. The summed E-state index contributed by atoms with van der Waals surface area (Å²) >= 11 is 0. The number of amidine groups is 1. The third-order valence-corrected chi connectivity index (χ3v) is 3.20. The molecule has 5 nitrogen and oxygen atoms in total. The van der Waals surface area contributed by atoms with Crippen molar-refractivity contribution in [3.63, 3.8) is 0 Å². The van der Waals surface area contributed by atoms with Crippen molar-refractivity contribution in [3.8, 4) is 0 Å². The predicted molar refractivity (Wildman–Crippen MR) is 63.5 cm³/mol. The standard InChI is InChI=1S/C10H11N3O2S/c1-3-7-13-10(11-2)16(14,15)9-6-4-5-8-12-9/h3-8H,1H2,2H3. The zero-order valence-corrected chi connectivity index (χ0v) is 9.55. The van der Waals surface area contributed by atoms with Crippen molar-refractivity contribution in [2.24, 2.45) is 9.98 Å². The van der Waals surface area contributed by atoms with Crippen LogP contribution in [-0.2, 0) is 9.84 Å². The zero-order valence-electron chi connectivity index (χ0n) is 8.74. The first-order valence-electron chi connectivity index (χ1n) is 4.41. The Morgan fingerprint density at radius 2 is 2.25 bits per heavy atom. The van der Waals surface area contributed by atoms with Gasteiger partial charge in [-0.2, -0.15) is 0 Å². The molecule has 0 radical (unpaired) electrons. The molecule has 0 aliphatic heterocycles. The molecule has 0 atom stereocenters. The molecule has 1 heterocycles. The second kappa shape index (κ2) is 5.32. The van der Waals surface area contributed by atoms with E-state index in [1.807, 2.05) is 0 Å². The van der Waals surface area contributed by atoms with Crippen LogP contribution in [0.3, 0.4) is 0 Å². The molecule has 0 fully saturated rings. The van der Waals surface area contributed by atoms with Crippen molar-refractivity contribution >= 4 is 21.2 Å². The van der Waals surface area contributed by atoms with Crippen molar-refractivity contribution in [1.82, 2.24) is 4.98 Å². The number of pyridine rings is 1. The SMILES string of the molecule is C=CC=NC(=NC)S(=O)(=O)c1ccccn1. The first kappa shape index (κ1) is 12.3. The first-order chi connectivity index (χ1) is 7.62. The molecule has 0 spiro atoms. The van der Waals surface area contributed by atoms with Crippen LogP contribution in [0.4, 0.5) is 0 Å². The molecule has 0 aromatic carbocycles. The molecule has 1 aromatic rings. The van der Waals surface area contributed by atoms with E-state index < -0.39 is 9.84 Å². The molecule has 84 valence electrons. The third kappa shape index (κ3) is 2.60. The molecule has 1 rings (SSSR count). The predicted octanol–water partition coefficient (Wildman–Crippen LogP) is 1.10. The van der Waals surface area contributed by atoms with Crippen LogP contribution in [0.1, 0.15) is 0 Å². The quantitative estimate of drug-likeness (QED) is 0.571. The Morgan fingerprint density at radius 1 is 1.50 bits per heavy atom. The summed E-state index contributed by atoms with van der Waals surface area (Å²) in [5.41, 5.74) is 0. The molecule has 6 heteroatoms. The maximum absolute atomic E-state index is 11.9. The van der Waals surface area contributed by atoms with Crippen LogP contribution in [-0.4, -0.2) is 31.8 Å². The van der Waals surface area contributed by atoms with E-state index >= 15 is 0 Å². The van der Waals surface area contributed by atoms with Gasteiger partial charge in [0.25, 0.3) is 9.84 Å². The van der Waals surface area contributed by atoms with E-state index in [1.54, 1.807) is 12.1 Å². The lowest BCUT2D eigenvalue weighted by atomic mass is 10.5. The molecule has 0 N–H and O–H groups in total. The Hall–Kier alpha value is -1.82. The van der Waals surface area contributed by atoms with Gasteiger partial charge in [-0.25, -0.2) is 18.4 Å². The molecular formula is C10H11N3O2S. The fourth-order valence-corrected chi connectivity index (χ4v) is 2.05. The lowest BCUT2D eigenvalue weighted by Gasteiger charge is -2.00. The molecule has 16 heavy (non-hydrogen) atoms. The van der Waals surface area contributed by atoms with Gasteiger partial charge in [-0.15, -0.1) is 0 Å². The number of hydrogen-bond donors (Lipinski definition) is 0. The zero-order chi connectivity index (χ0) is 12.0. The normalized spacial score (nSPS) is 12.9. The molecule has 0 aliphatic carbocycles. The highest BCUT2D eigenvalue weighted by molar-refractivity contribution is 8.06. The summed E-state index contributed by atoms with van der Waals surface area (Å²) in [6.45, 7) is 3.41. The maximum Gasteiger partial charge on any atom is 0.258 e. The van der Waals surface area contributed by atoms with E-state index in [0.717, 1.165) is 0 Å². The van der Waals surface area contributed by atoms with Crippen LogP contribution in [0.25, 0.3) is 0 Å². The second-order valence-electron chi connectivity index (χ2n) is 2.69. The van der Waals surface area contributed by atoms with E-state index in [1.165, 1.54) is 31.6 Å². The van der Waals surface area contributed by atoms with Gasteiger partial charge in [-0.3, -0.25) is 4.99 Å². The highest BCUT2D eigenvalue weighted by Gasteiger charge is 2.22. The van der Waals surface area contributed by atoms with Crippen LogP contribution in [0.2, 0.25) is 0 Å². The Bertz CT molecular complexity index is 518. The van der Waals surface area contributed by atoms with E-state index in [-0.39, 0.29) is 10.2 Å². The fraction of sp³-hybridized carbons (Fsp3) is 0.100. The lowest BCUT2D eigenvalue weighted by molar-refractivity contribution is 0.603. The van der Waals surface area contributed by atoms with Gasteiger partial charge in [0.15, 0.2) is 5.03 Å². The molecule has 0 saturated heterocycles. The molecule has 0 bridgehead atoms. The third-order valence-electron chi connectivity index (χ3n) is 1.64. The average Bonchev–Trinajstić information content (AvgIpc) is 2.31. The van der Waals surface area contributed by atoms with E-state index in [0.29, 0.717) is 0 Å².